The Balaban J connectivity index is 1.53. The van der Waals surface area contributed by atoms with E-state index >= 15 is 0 Å². The zero-order valence-corrected chi connectivity index (χ0v) is 18.1. The van der Waals surface area contributed by atoms with Gasteiger partial charge in [0.15, 0.2) is 0 Å². The van der Waals surface area contributed by atoms with Gasteiger partial charge in [0.1, 0.15) is 4.83 Å². The van der Waals surface area contributed by atoms with Gasteiger partial charge in [-0.2, -0.15) is 5.10 Å². The number of hydrogen-bond donors (Lipinski definition) is 1. The number of fused-ring (bicyclic) bond motifs is 1. The Morgan fingerprint density at radius 2 is 2.00 bits per heavy atom. The number of carbonyl (C=O) groups is 1. The number of nitrogens with one attached hydrogen (secondary N) is 1. The molecule has 1 N–H and O–H groups in total. The molecule has 29 heavy (non-hydrogen) atoms. The largest absolute Gasteiger partial charge is 0.379 e. The molecule has 0 aliphatic carbocycles. The number of morpholine rings is 1. The van der Waals surface area contributed by atoms with E-state index in [1.54, 1.807) is 0 Å². The number of para-hydroxylation sites is 1. The van der Waals surface area contributed by atoms with Crippen LogP contribution in [0.5, 0.6) is 0 Å². The number of aryl methyl sites for hydroxylation is 1. The van der Waals surface area contributed by atoms with E-state index in [0.717, 1.165) is 59.2 Å². The summed E-state index contributed by atoms with van der Waals surface area (Å²) >= 11 is 1.50. The zero-order chi connectivity index (χ0) is 20.4. The van der Waals surface area contributed by atoms with E-state index in [-0.39, 0.29) is 11.4 Å². The minimum atomic E-state index is -0.0626. The molecular weight excluding hydrogens is 384 g/mol. The molecular formula is C22H28N4O2S. The first kappa shape index (κ1) is 20.1. The Labute approximate surface area is 175 Å². The minimum Gasteiger partial charge on any atom is -0.379 e. The lowest BCUT2D eigenvalue weighted by molar-refractivity contribution is -0.0169. The lowest BCUT2D eigenvalue weighted by Gasteiger charge is -2.43. The van der Waals surface area contributed by atoms with Crippen LogP contribution in [0.25, 0.3) is 15.9 Å². The molecule has 154 valence electrons. The molecule has 7 heteroatoms. The van der Waals surface area contributed by atoms with Crippen molar-refractivity contribution in [2.45, 2.75) is 32.7 Å². The highest BCUT2D eigenvalue weighted by Gasteiger charge is 2.32. The van der Waals surface area contributed by atoms with Crippen LogP contribution >= 0.6 is 11.3 Å². The molecule has 1 fully saturated rings. The fraction of sp³-hybridized carbons (Fsp3) is 0.455. The molecule has 1 aliphatic heterocycles. The summed E-state index contributed by atoms with van der Waals surface area (Å²) in [6, 6.07) is 12.0. The monoisotopic (exact) mass is 412 g/mol. The van der Waals surface area contributed by atoms with E-state index in [0.29, 0.717) is 6.54 Å². The Hall–Kier alpha value is -2.22. The Kier molecular flexibility index (Phi) is 5.72. The molecule has 1 amide bonds. The van der Waals surface area contributed by atoms with Gasteiger partial charge in [-0.15, -0.1) is 11.3 Å². The maximum absolute atomic E-state index is 12.9. The van der Waals surface area contributed by atoms with E-state index in [9.17, 15) is 4.79 Å². The SMILES string of the molecule is CCC(C)(CNC(=O)c1cc2c(C)nn(-c3ccccc3)c2s1)N1CCOCC1. The molecule has 0 radical (unpaired) electrons. The van der Waals surface area contributed by atoms with Gasteiger partial charge in [-0.3, -0.25) is 9.69 Å². The third-order valence-corrected chi connectivity index (χ3v) is 7.04. The topological polar surface area (TPSA) is 59.4 Å². The van der Waals surface area contributed by atoms with Crippen molar-refractivity contribution >= 4 is 27.5 Å². The summed E-state index contributed by atoms with van der Waals surface area (Å²) in [5, 5.41) is 8.87. The highest BCUT2D eigenvalue weighted by atomic mass is 32.1. The van der Waals surface area contributed by atoms with Crippen molar-refractivity contribution in [2.24, 2.45) is 0 Å². The van der Waals surface area contributed by atoms with Crippen molar-refractivity contribution < 1.29 is 9.53 Å². The molecule has 1 saturated heterocycles. The second-order valence-corrected chi connectivity index (χ2v) is 8.83. The van der Waals surface area contributed by atoms with E-state index in [4.69, 9.17) is 4.74 Å². The molecule has 4 rings (SSSR count). The number of rotatable bonds is 6. The number of nitrogens with zero attached hydrogens (tertiary/aromatic N) is 3. The van der Waals surface area contributed by atoms with Crippen LogP contribution in [0, 0.1) is 6.92 Å². The Morgan fingerprint density at radius 1 is 1.28 bits per heavy atom. The first-order valence-electron chi connectivity index (χ1n) is 10.2. The number of ether oxygens (including phenoxy) is 1. The van der Waals surface area contributed by atoms with Gasteiger partial charge >= 0.3 is 0 Å². The van der Waals surface area contributed by atoms with Crippen LogP contribution in [0.1, 0.15) is 35.6 Å². The number of carbonyl (C=O) groups excluding carboxylic acids is 1. The maximum atomic E-state index is 12.9. The van der Waals surface area contributed by atoms with Gasteiger partial charge < -0.3 is 10.1 Å². The molecule has 1 unspecified atom stereocenters. The molecule has 0 spiro atoms. The Morgan fingerprint density at radius 3 is 2.69 bits per heavy atom. The van der Waals surface area contributed by atoms with Gasteiger partial charge in [-0.25, -0.2) is 4.68 Å². The fourth-order valence-corrected chi connectivity index (χ4v) is 4.92. The molecule has 3 aromatic rings. The van der Waals surface area contributed by atoms with Crippen LogP contribution in [0.2, 0.25) is 0 Å². The summed E-state index contributed by atoms with van der Waals surface area (Å²) in [5.74, 6) is -0.0156. The summed E-state index contributed by atoms with van der Waals surface area (Å²) in [5.41, 5.74) is 1.88. The Bertz CT molecular complexity index is 991. The van der Waals surface area contributed by atoms with Crippen molar-refractivity contribution in [2.75, 3.05) is 32.8 Å². The molecule has 1 aliphatic rings. The lowest BCUT2D eigenvalue weighted by Crippen LogP contribution is -2.56. The summed E-state index contributed by atoms with van der Waals surface area (Å²) in [6.07, 6.45) is 0.974. The van der Waals surface area contributed by atoms with Crippen molar-refractivity contribution in [1.82, 2.24) is 20.0 Å². The van der Waals surface area contributed by atoms with E-state index in [1.165, 1.54) is 11.3 Å². The van der Waals surface area contributed by atoms with Crippen molar-refractivity contribution in [3.05, 3.63) is 47.0 Å². The zero-order valence-electron chi connectivity index (χ0n) is 17.3. The number of aromatic nitrogens is 2. The highest BCUT2D eigenvalue weighted by molar-refractivity contribution is 7.20. The quantitative estimate of drug-likeness (QED) is 0.672. The number of benzene rings is 1. The predicted octanol–water partition coefficient (Wildman–Crippen LogP) is 3.63. The molecule has 6 nitrogen and oxygen atoms in total. The normalized spacial score (nSPS) is 17.3. The third-order valence-electron chi connectivity index (χ3n) is 5.94. The van der Waals surface area contributed by atoms with Crippen LogP contribution in [0.4, 0.5) is 0 Å². The second-order valence-electron chi connectivity index (χ2n) is 7.79. The average molecular weight is 413 g/mol. The second kappa shape index (κ2) is 8.26. The van der Waals surface area contributed by atoms with E-state index in [1.807, 2.05) is 48.0 Å². The lowest BCUT2D eigenvalue weighted by atomic mass is 9.95. The van der Waals surface area contributed by atoms with Crippen LogP contribution in [0.3, 0.4) is 0 Å². The highest BCUT2D eigenvalue weighted by Crippen LogP contribution is 2.30. The van der Waals surface area contributed by atoms with Gasteiger partial charge in [0.05, 0.1) is 29.5 Å². The van der Waals surface area contributed by atoms with E-state index < -0.39 is 0 Å². The third kappa shape index (κ3) is 3.95. The number of hydrogen-bond acceptors (Lipinski definition) is 5. The van der Waals surface area contributed by atoms with Gasteiger partial charge in [-0.1, -0.05) is 25.1 Å². The molecule has 3 heterocycles. The van der Waals surface area contributed by atoms with Gasteiger partial charge in [-0.05, 0) is 38.5 Å². The molecule has 0 bridgehead atoms. The first-order valence-corrected chi connectivity index (χ1v) is 11.0. The summed E-state index contributed by atoms with van der Waals surface area (Å²) in [6.45, 7) is 10.4. The predicted molar refractivity (Wildman–Crippen MR) is 117 cm³/mol. The van der Waals surface area contributed by atoms with Crippen LogP contribution in [-0.4, -0.2) is 59.0 Å². The number of amides is 1. The van der Waals surface area contributed by atoms with Crippen LogP contribution < -0.4 is 5.32 Å². The van der Waals surface area contributed by atoms with Gasteiger partial charge in [0.2, 0.25) is 0 Å². The first-order chi connectivity index (χ1) is 14.0. The van der Waals surface area contributed by atoms with E-state index in [2.05, 4.69) is 29.2 Å². The average Bonchev–Trinajstić information content (AvgIpc) is 3.34. The summed E-state index contributed by atoms with van der Waals surface area (Å²) in [7, 11) is 0. The molecule has 2 aromatic heterocycles. The summed E-state index contributed by atoms with van der Waals surface area (Å²) < 4.78 is 7.41. The standard InChI is InChI=1S/C22H28N4O2S/c1-4-22(3,25-10-12-28-13-11-25)15-23-20(27)19-14-18-16(2)24-26(21(18)29-19)17-8-6-5-7-9-17/h5-9,14H,4,10-13,15H2,1-3H3,(H,23,27). The molecule has 0 saturated carbocycles. The smallest absolute Gasteiger partial charge is 0.261 e. The van der Waals surface area contributed by atoms with Crippen molar-refractivity contribution in [3.8, 4) is 5.69 Å². The maximum Gasteiger partial charge on any atom is 0.261 e. The molecule has 1 aromatic carbocycles. The van der Waals surface area contributed by atoms with Gasteiger partial charge in [0.25, 0.3) is 5.91 Å². The number of thiophene rings is 1. The van der Waals surface area contributed by atoms with Gasteiger partial charge in [0, 0.05) is 30.6 Å². The van der Waals surface area contributed by atoms with Crippen molar-refractivity contribution in [3.63, 3.8) is 0 Å². The molecule has 1 atom stereocenters. The summed E-state index contributed by atoms with van der Waals surface area (Å²) in [4.78, 5) is 17.1. The van der Waals surface area contributed by atoms with Crippen LogP contribution in [0.15, 0.2) is 36.4 Å². The van der Waals surface area contributed by atoms with Crippen LogP contribution in [-0.2, 0) is 4.74 Å². The minimum absolute atomic E-state index is 0.0156. The van der Waals surface area contributed by atoms with Crippen molar-refractivity contribution in [1.29, 1.82) is 0 Å². The fourth-order valence-electron chi connectivity index (χ4n) is 3.82.